The van der Waals surface area contributed by atoms with Gasteiger partial charge in [-0.3, -0.25) is 9.59 Å². The van der Waals surface area contributed by atoms with Crippen LogP contribution in [0.3, 0.4) is 0 Å². The van der Waals surface area contributed by atoms with Crippen LogP contribution in [0.5, 0.6) is 0 Å². The third-order valence-corrected chi connectivity index (χ3v) is 4.90. The highest BCUT2D eigenvalue weighted by molar-refractivity contribution is 5.87. The Morgan fingerprint density at radius 2 is 2.04 bits per heavy atom. The quantitative estimate of drug-likeness (QED) is 0.809. The lowest BCUT2D eigenvalue weighted by Gasteiger charge is -2.22. The third kappa shape index (κ3) is 4.12. The summed E-state index contributed by atoms with van der Waals surface area (Å²) < 4.78 is 1.90. The molecular formula is C20H26N4O2. The minimum absolute atomic E-state index is 0.0217. The first-order valence-corrected chi connectivity index (χ1v) is 9.22. The summed E-state index contributed by atoms with van der Waals surface area (Å²) in [6, 6.07) is 9.73. The monoisotopic (exact) mass is 354 g/mol. The van der Waals surface area contributed by atoms with Gasteiger partial charge in [-0.25, -0.2) is 4.68 Å². The summed E-state index contributed by atoms with van der Waals surface area (Å²) in [6.45, 7) is 4.83. The van der Waals surface area contributed by atoms with Crippen LogP contribution in [-0.2, 0) is 16.0 Å². The van der Waals surface area contributed by atoms with Gasteiger partial charge in [0.1, 0.15) is 6.04 Å². The lowest BCUT2D eigenvalue weighted by atomic mass is 10.1. The fourth-order valence-corrected chi connectivity index (χ4v) is 3.48. The minimum atomic E-state index is -0.296. The van der Waals surface area contributed by atoms with Crippen molar-refractivity contribution in [1.82, 2.24) is 20.0 Å². The molecule has 2 aromatic rings. The number of nitrogens with one attached hydrogen (secondary N) is 1. The fourth-order valence-electron chi connectivity index (χ4n) is 3.48. The van der Waals surface area contributed by atoms with Crippen molar-refractivity contribution >= 4 is 11.8 Å². The Bertz CT molecular complexity index is 769. The lowest BCUT2D eigenvalue weighted by molar-refractivity contribution is -0.136. The summed E-state index contributed by atoms with van der Waals surface area (Å²) >= 11 is 0. The largest absolute Gasteiger partial charge is 0.354 e. The second-order valence-electron chi connectivity index (χ2n) is 6.78. The molecule has 6 heteroatoms. The number of aryl methyl sites for hydroxylation is 2. The molecule has 0 aliphatic carbocycles. The zero-order valence-electron chi connectivity index (χ0n) is 15.4. The molecular weight excluding hydrogens is 328 g/mol. The standard InChI is InChI=1S/C20H26N4O2/c1-15-17(14-24(22-15)18-9-4-3-5-10-18)8-6-12-21-20(26)19-11-7-13-23(19)16(2)25/h3-5,9-10,14,19H,6-8,11-13H2,1-2H3,(H,21,26). The molecule has 1 atom stereocenters. The molecule has 1 unspecified atom stereocenters. The highest BCUT2D eigenvalue weighted by Gasteiger charge is 2.31. The van der Waals surface area contributed by atoms with E-state index < -0.39 is 0 Å². The van der Waals surface area contributed by atoms with Crippen LogP contribution in [0.4, 0.5) is 0 Å². The van der Waals surface area contributed by atoms with Crippen LogP contribution in [0.1, 0.15) is 37.4 Å². The normalized spacial score (nSPS) is 16.7. The number of likely N-dealkylation sites (tertiary alicyclic amines) is 1. The van der Waals surface area contributed by atoms with Crippen molar-refractivity contribution in [2.75, 3.05) is 13.1 Å². The molecule has 0 saturated carbocycles. The Morgan fingerprint density at radius 3 is 2.77 bits per heavy atom. The summed E-state index contributed by atoms with van der Waals surface area (Å²) in [5.41, 5.74) is 3.24. The Morgan fingerprint density at radius 1 is 1.27 bits per heavy atom. The van der Waals surface area contributed by atoms with E-state index in [-0.39, 0.29) is 17.9 Å². The van der Waals surface area contributed by atoms with Crippen molar-refractivity contribution in [1.29, 1.82) is 0 Å². The van der Waals surface area contributed by atoms with Gasteiger partial charge in [-0.15, -0.1) is 0 Å². The Hall–Kier alpha value is -2.63. The van der Waals surface area contributed by atoms with Crippen LogP contribution in [-0.4, -0.2) is 45.6 Å². The van der Waals surface area contributed by atoms with Gasteiger partial charge >= 0.3 is 0 Å². The highest BCUT2D eigenvalue weighted by atomic mass is 16.2. The average Bonchev–Trinajstić information content (AvgIpc) is 3.26. The minimum Gasteiger partial charge on any atom is -0.354 e. The Labute approximate surface area is 154 Å². The molecule has 1 N–H and O–H groups in total. The molecule has 3 rings (SSSR count). The first-order chi connectivity index (χ1) is 12.6. The van der Waals surface area contributed by atoms with Crippen molar-refractivity contribution in [2.24, 2.45) is 0 Å². The molecule has 1 aromatic carbocycles. The number of carbonyl (C=O) groups excluding carboxylic acids is 2. The molecule has 1 saturated heterocycles. The molecule has 0 bridgehead atoms. The summed E-state index contributed by atoms with van der Waals surface area (Å²) in [5, 5.41) is 7.55. The molecule has 26 heavy (non-hydrogen) atoms. The topological polar surface area (TPSA) is 67.2 Å². The van der Waals surface area contributed by atoms with E-state index in [1.807, 2.05) is 41.9 Å². The van der Waals surface area contributed by atoms with Crippen LogP contribution in [0.2, 0.25) is 0 Å². The van der Waals surface area contributed by atoms with Gasteiger partial charge < -0.3 is 10.2 Å². The maximum atomic E-state index is 12.3. The first-order valence-electron chi connectivity index (χ1n) is 9.22. The summed E-state index contributed by atoms with van der Waals surface area (Å²) in [6.07, 6.45) is 5.42. The molecule has 1 fully saturated rings. The summed E-state index contributed by atoms with van der Waals surface area (Å²) in [5.74, 6) is -0.0546. The second kappa shape index (κ2) is 8.17. The van der Waals surface area contributed by atoms with Gasteiger partial charge in [0.2, 0.25) is 11.8 Å². The van der Waals surface area contributed by atoms with Crippen LogP contribution < -0.4 is 5.32 Å². The fraction of sp³-hybridized carbons (Fsp3) is 0.450. The molecule has 138 valence electrons. The maximum Gasteiger partial charge on any atom is 0.242 e. The van der Waals surface area contributed by atoms with Crippen LogP contribution in [0.15, 0.2) is 36.5 Å². The number of carbonyl (C=O) groups is 2. The van der Waals surface area contributed by atoms with Crippen LogP contribution in [0, 0.1) is 6.92 Å². The first kappa shape index (κ1) is 18.2. The van der Waals surface area contributed by atoms with Gasteiger partial charge in [-0.05, 0) is 50.3 Å². The molecule has 0 spiro atoms. The van der Waals surface area contributed by atoms with Crippen molar-refractivity contribution in [2.45, 2.75) is 45.6 Å². The Balaban J connectivity index is 1.49. The van der Waals surface area contributed by atoms with Crippen molar-refractivity contribution < 1.29 is 9.59 Å². The zero-order chi connectivity index (χ0) is 18.5. The van der Waals surface area contributed by atoms with E-state index in [1.165, 1.54) is 12.5 Å². The third-order valence-electron chi connectivity index (χ3n) is 4.90. The van der Waals surface area contributed by atoms with Crippen molar-refractivity contribution in [3.8, 4) is 5.69 Å². The number of amides is 2. The molecule has 6 nitrogen and oxygen atoms in total. The number of benzene rings is 1. The molecule has 2 heterocycles. The van der Waals surface area contributed by atoms with E-state index in [0.717, 1.165) is 37.1 Å². The number of nitrogens with zero attached hydrogens (tertiary/aromatic N) is 3. The smallest absolute Gasteiger partial charge is 0.242 e. The van der Waals surface area contributed by atoms with Crippen LogP contribution in [0.25, 0.3) is 5.69 Å². The van der Waals surface area contributed by atoms with Crippen molar-refractivity contribution in [3.05, 3.63) is 47.8 Å². The number of para-hydroxylation sites is 1. The SMILES string of the molecule is CC(=O)N1CCCC1C(=O)NCCCc1cn(-c2ccccc2)nc1C. The lowest BCUT2D eigenvalue weighted by Crippen LogP contribution is -2.45. The number of hydrogen-bond acceptors (Lipinski definition) is 3. The molecule has 0 radical (unpaired) electrons. The molecule has 1 aliphatic rings. The predicted octanol–water partition coefficient (Wildman–Crippen LogP) is 2.24. The zero-order valence-corrected chi connectivity index (χ0v) is 15.4. The van der Waals surface area contributed by atoms with E-state index in [2.05, 4.69) is 16.6 Å². The van der Waals surface area contributed by atoms with Crippen molar-refractivity contribution in [3.63, 3.8) is 0 Å². The highest BCUT2D eigenvalue weighted by Crippen LogP contribution is 2.17. The number of rotatable bonds is 6. The van der Waals surface area contributed by atoms with Gasteiger partial charge in [0.15, 0.2) is 0 Å². The van der Waals surface area contributed by atoms with Gasteiger partial charge in [-0.1, -0.05) is 18.2 Å². The van der Waals surface area contributed by atoms with Gasteiger partial charge in [0.25, 0.3) is 0 Å². The number of aromatic nitrogens is 2. The van der Waals surface area contributed by atoms with Crippen LogP contribution >= 0.6 is 0 Å². The molecule has 2 amide bonds. The average molecular weight is 354 g/mol. The predicted molar refractivity (Wildman–Crippen MR) is 100 cm³/mol. The molecule has 1 aliphatic heterocycles. The second-order valence-corrected chi connectivity index (χ2v) is 6.78. The van der Waals surface area contributed by atoms with E-state index in [1.54, 1.807) is 4.90 Å². The van der Waals surface area contributed by atoms with E-state index >= 15 is 0 Å². The van der Waals surface area contributed by atoms with Gasteiger partial charge in [0, 0.05) is 26.2 Å². The van der Waals surface area contributed by atoms with E-state index in [0.29, 0.717) is 13.1 Å². The van der Waals surface area contributed by atoms with E-state index in [9.17, 15) is 9.59 Å². The van der Waals surface area contributed by atoms with Gasteiger partial charge in [0.05, 0.1) is 11.4 Å². The molecule has 1 aromatic heterocycles. The number of hydrogen-bond donors (Lipinski definition) is 1. The van der Waals surface area contributed by atoms with Gasteiger partial charge in [-0.2, -0.15) is 5.10 Å². The summed E-state index contributed by atoms with van der Waals surface area (Å²) in [7, 11) is 0. The summed E-state index contributed by atoms with van der Waals surface area (Å²) in [4.78, 5) is 25.5. The van der Waals surface area contributed by atoms with E-state index in [4.69, 9.17) is 0 Å². The maximum absolute atomic E-state index is 12.3. The Kier molecular flexibility index (Phi) is 5.71.